The Labute approximate surface area is 209 Å². The van der Waals surface area contributed by atoms with Gasteiger partial charge < -0.3 is 19.7 Å². The van der Waals surface area contributed by atoms with Crippen LogP contribution in [0.4, 0.5) is 5.69 Å². The van der Waals surface area contributed by atoms with E-state index in [0.29, 0.717) is 6.42 Å². The van der Waals surface area contributed by atoms with Gasteiger partial charge in [0.1, 0.15) is 11.4 Å². The summed E-state index contributed by atoms with van der Waals surface area (Å²) in [5, 5.41) is 21.6. The van der Waals surface area contributed by atoms with Crippen LogP contribution < -0.4 is 5.56 Å². The molecule has 0 saturated carbocycles. The number of carboxylic acids is 1. The molecule has 3 aromatic rings. The summed E-state index contributed by atoms with van der Waals surface area (Å²) < 4.78 is 6.21. The van der Waals surface area contributed by atoms with E-state index < -0.39 is 33.7 Å². The molecule has 0 unspecified atom stereocenters. The standard InChI is InChI=1S/C22H26N6O7S/c1-4-35-15(29)12-36-22-23-17-18(25-22)24-19(27(20(17)30)11-6-5-10-26(2)3)13-8-7-9-14(28(33)34)16(13)21(31)32/h7-9H,4-6,10-12H2,1-3H3,(H,23,25)(H,31,32). The number of aromatic amines is 1. The number of carboxylic acid groups (broad SMARTS) is 1. The largest absolute Gasteiger partial charge is 0.477 e. The molecule has 0 bridgehead atoms. The van der Waals surface area contributed by atoms with E-state index in [4.69, 9.17) is 4.74 Å². The molecule has 36 heavy (non-hydrogen) atoms. The van der Waals surface area contributed by atoms with Gasteiger partial charge in [-0.15, -0.1) is 0 Å². The van der Waals surface area contributed by atoms with Crippen LogP contribution in [0.3, 0.4) is 0 Å². The number of nitro benzene ring substituents is 1. The van der Waals surface area contributed by atoms with E-state index in [1.807, 2.05) is 19.0 Å². The number of benzene rings is 1. The third kappa shape index (κ3) is 6.07. The highest BCUT2D eigenvalue weighted by Gasteiger charge is 2.27. The number of aromatic nitrogens is 4. The van der Waals surface area contributed by atoms with Crippen LogP contribution in [-0.4, -0.2) is 79.4 Å². The zero-order valence-corrected chi connectivity index (χ0v) is 20.8. The van der Waals surface area contributed by atoms with Crippen molar-refractivity contribution < 1.29 is 24.4 Å². The van der Waals surface area contributed by atoms with Crippen molar-refractivity contribution in [3.63, 3.8) is 0 Å². The molecule has 0 radical (unpaired) electrons. The van der Waals surface area contributed by atoms with Crippen LogP contribution in [0.5, 0.6) is 0 Å². The molecule has 0 fully saturated rings. The third-order valence-corrected chi connectivity index (χ3v) is 6.00. The molecule has 0 aliphatic carbocycles. The predicted molar refractivity (Wildman–Crippen MR) is 132 cm³/mol. The molecule has 192 valence electrons. The number of hydrogen-bond donors (Lipinski definition) is 2. The summed E-state index contributed by atoms with van der Waals surface area (Å²) in [6.07, 6.45) is 1.33. The van der Waals surface area contributed by atoms with Crippen LogP contribution in [-0.2, 0) is 16.1 Å². The van der Waals surface area contributed by atoms with Gasteiger partial charge >= 0.3 is 11.9 Å². The van der Waals surface area contributed by atoms with E-state index in [1.54, 1.807) is 6.92 Å². The number of hydrogen-bond acceptors (Lipinski definition) is 10. The lowest BCUT2D eigenvalue weighted by atomic mass is 10.0. The van der Waals surface area contributed by atoms with Crippen LogP contribution in [0.2, 0.25) is 0 Å². The van der Waals surface area contributed by atoms with Crippen molar-refractivity contribution in [1.29, 1.82) is 0 Å². The Hall–Kier alpha value is -3.78. The Morgan fingerprint density at radius 1 is 1.28 bits per heavy atom. The molecule has 1 aromatic carbocycles. The van der Waals surface area contributed by atoms with Gasteiger partial charge in [-0.05, 0) is 46.5 Å². The Balaban J connectivity index is 2.15. The van der Waals surface area contributed by atoms with Crippen LogP contribution in [0.15, 0.2) is 28.2 Å². The SMILES string of the molecule is CCOC(=O)CSc1nc2nc(-c3cccc([N+](=O)[O-])c3C(=O)O)n(CCCCN(C)C)c(=O)c2[nH]1. The molecular weight excluding hydrogens is 492 g/mol. The lowest BCUT2D eigenvalue weighted by Crippen LogP contribution is -2.25. The Morgan fingerprint density at radius 3 is 2.67 bits per heavy atom. The smallest absolute Gasteiger partial charge is 0.343 e. The molecule has 0 atom stereocenters. The molecule has 13 nitrogen and oxygen atoms in total. The van der Waals surface area contributed by atoms with Crippen molar-refractivity contribution in [2.75, 3.05) is 33.0 Å². The average Bonchev–Trinajstić information content (AvgIpc) is 3.24. The lowest BCUT2D eigenvalue weighted by molar-refractivity contribution is -0.385. The number of nitrogens with zero attached hydrogens (tertiary/aromatic N) is 5. The van der Waals surface area contributed by atoms with Crippen molar-refractivity contribution >= 4 is 40.6 Å². The number of carbonyl (C=O) groups excluding carboxylic acids is 1. The minimum atomic E-state index is -1.52. The van der Waals surface area contributed by atoms with Crippen molar-refractivity contribution in [3.05, 3.63) is 44.2 Å². The minimum absolute atomic E-state index is 0.00810. The maximum atomic E-state index is 13.5. The number of nitrogens with one attached hydrogen (secondary N) is 1. The van der Waals surface area contributed by atoms with Crippen LogP contribution in [0.1, 0.15) is 30.1 Å². The molecule has 2 aromatic heterocycles. The first kappa shape index (κ1) is 26.8. The van der Waals surface area contributed by atoms with Gasteiger partial charge in [-0.25, -0.2) is 14.8 Å². The number of esters is 1. The van der Waals surface area contributed by atoms with E-state index in [-0.39, 0.29) is 46.6 Å². The number of carbonyl (C=O) groups is 2. The van der Waals surface area contributed by atoms with E-state index in [1.165, 1.54) is 16.7 Å². The van der Waals surface area contributed by atoms with Crippen molar-refractivity contribution in [1.82, 2.24) is 24.4 Å². The third-order valence-electron chi connectivity index (χ3n) is 5.15. The number of aromatic carboxylic acids is 1. The topological polar surface area (TPSA) is 174 Å². The fourth-order valence-corrected chi connectivity index (χ4v) is 4.24. The maximum Gasteiger partial charge on any atom is 0.343 e. The summed E-state index contributed by atoms with van der Waals surface area (Å²) in [5.74, 6) is -2.03. The first-order valence-electron chi connectivity index (χ1n) is 11.1. The highest BCUT2D eigenvalue weighted by atomic mass is 32.2. The number of thioether (sulfide) groups is 1. The highest BCUT2D eigenvalue weighted by Crippen LogP contribution is 2.30. The second-order valence-corrected chi connectivity index (χ2v) is 8.96. The van der Waals surface area contributed by atoms with Gasteiger partial charge in [0.25, 0.3) is 11.2 Å². The fraction of sp³-hybridized carbons (Fsp3) is 0.409. The maximum absolute atomic E-state index is 13.5. The number of fused-ring (bicyclic) bond motifs is 1. The number of nitro groups is 1. The molecule has 2 heterocycles. The Bertz CT molecular complexity index is 1350. The average molecular weight is 519 g/mol. The molecule has 0 saturated heterocycles. The van der Waals surface area contributed by atoms with Crippen LogP contribution in [0.25, 0.3) is 22.6 Å². The summed E-state index contributed by atoms with van der Waals surface area (Å²) in [6, 6.07) is 3.81. The number of ether oxygens (including phenoxy) is 1. The van der Waals surface area contributed by atoms with Gasteiger partial charge in [-0.3, -0.25) is 24.3 Å². The quantitative estimate of drug-likeness (QED) is 0.118. The van der Waals surface area contributed by atoms with Gasteiger partial charge in [0.2, 0.25) is 0 Å². The van der Waals surface area contributed by atoms with E-state index in [9.17, 15) is 29.6 Å². The number of unbranched alkanes of at least 4 members (excludes halogenated alkanes) is 1. The van der Waals surface area contributed by atoms with E-state index >= 15 is 0 Å². The number of imidazole rings is 1. The lowest BCUT2D eigenvalue weighted by Gasteiger charge is -2.15. The zero-order valence-electron chi connectivity index (χ0n) is 20.0. The van der Waals surface area contributed by atoms with Crippen molar-refractivity contribution in [2.24, 2.45) is 0 Å². The van der Waals surface area contributed by atoms with E-state index in [0.717, 1.165) is 30.8 Å². The molecule has 14 heteroatoms. The summed E-state index contributed by atoms with van der Waals surface area (Å²) in [6.45, 7) is 2.90. The predicted octanol–water partition coefficient (Wildman–Crippen LogP) is 2.39. The Kier molecular flexibility index (Phi) is 8.77. The molecule has 0 aliphatic rings. The van der Waals surface area contributed by atoms with E-state index in [2.05, 4.69) is 15.0 Å². The molecule has 0 amide bonds. The summed E-state index contributed by atoms with van der Waals surface area (Å²) in [7, 11) is 3.85. The first-order chi connectivity index (χ1) is 17.1. The van der Waals surface area contributed by atoms with Crippen molar-refractivity contribution in [2.45, 2.75) is 31.5 Å². The van der Waals surface area contributed by atoms with Gasteiger partial charge in [-0.1, -0.05) is 17.8 Å². The summed E-state index contributed by atoms with van der Waals surface area (Å²) >= 11 is 1.03. The van der Waals surface area contributed by atoms with Crippen LogP contribution >= 0.6 is 11.8 Å². The molecular formula is C22H26N6O7S. The van der Waals surface area contributed by atoms with Crippen molar-refractivity contribution in [3.8, 4) is 11.4 Å². The highest BCUT2D eigenvalue weighted by molar-refractivity contribution is 7.99. The first-order valence-corrected chi connectivity index (χ1v) is 12.1. The molecule has 3 rings (SSSR count). The van der Waals surface area contributed by atoms with Gasteiger partial charge in [0.05, 0.1) is 17.3 Å². The fourth-order valence-electron chi connectivity index (χ4n) is 3.58. The summed E-state index contributed by atoms with van der Waals surface area (Å²) in [5.41, 5.74) is -1.65. The van der Waals surface area contributed by atoms with Gasteiger partial charge in [-0.2, -0.15) is 0 Å². The zero-order chi connectivity index (χ0) is 26.4. The van der Waals surface area contributed by atoms with Gasteiger partial charge in [0.15, 0.2) is 16.3 Å². The number of H-pyrrole nitrogens is 1. The number of rotatable bonds is 12. The minimum Gasteiger partial charge on any atom is -0.477 e. The van der Waals surface area contributed by atoms with Gasteiger partial charge in [0, 0.05) is 18.2 Å². The molecule has 0 spiro atoms. The summed E-state index contributed by atoms with van der Waals surface area (Å²) in [4.78, 5) is 61.5. The van der Waals surface area contributed by atoms with Crippen LogP contribution in [0, 0.1) is 10.1 Å². The second kappa shape index (κ2) is 11.8. The Morgan fingerprint density at radius 2 is 2.03 bits per heavy atom. The normalized spacial score (nSPS) is 11.2. The molecule has 2 N–H and O–H groups in total. The second-order valence-electron chi connectivity index (χ2n) is 8.00. The molecule has 0 aliphatic heterocycles. The monoisotopic (exact) mass is 518 g/mol.